The normalized spacial score (nSPS) is 11.7. The van der Waals surface area contributed by atoms with Crippen molar-refractivity contribution >= 4 is 28.4 Å². The molecule has 1 aromatic carbocycles. The van der Waals surface area contributed by atoms with Crippen LogP contribution in [-0.4, -0.2) is 38.7 Å². The molecular formula is C20H23F3N6O3. The number of aromatic nitrogens is 4. The Morgan fingerprint density at radius 2 is 1.84 bits per heavy atom. The van der Waals surface area contributed by atoms with Crippen molar-refractivity contribution in [2.24, 2.45) is 14.1 Å². The lowest BCUT2D eigenvalue weighted by Crippen LogP contribution is -2.37. The highest BCUT2D eigenvalue weighted by Gasteiger charge is 2.34. The van der Waals surface area contributed by atoms with Gasteiger partial charge in [0, 0.05) is 46.8 Å². The Hall–Kier alpha value is -3.57. The summed E-state index contributed by atoms with van der Waals surface area (Å²) in [6.45, 7) is 0.225. The summed E-state index contributed by atoms with van der Waals surface area (Å²) in [5.74, 6) is -0.585. The van der Waals surface area contributed by atoms with E-state index in [4.69, 9.17) is 0 Å². The third-order valence-corrected chi connectivity index (χ3v) is 5.12. The maximum atomic E-state index is 13.4. The molecule has 0 atom stereocenters. The zero-order valence-corrected chi connectivity index (χ0v) is 18.0. The van der Waals surface area contributed by atoms with E-state index in [0.717, 1.165) is 10.6 Å². The standard InChI is InChI=1S/C20H23F3N6O3/c1-26(2)12-7-8-14(13(10-12)20(21,22)23)25-15(30)6-5-9-29-11-24-17-16(29)18(31)28(4)19(32)27(17)3/h7-8,10-11H,5-6,9H2,1-4H3,(H,25,30). The second-order valence-electron chi connectivity index (χ2n) is 7.59. The average molecular weight is 452 g/mol. The lowest BCUT2D eigenvalue weighted by molar-refractivity contribution is -0.136. The maximum Gasteiger partial charge on any atom is 0.418 e. The molecule has 0 bridgehead atoms. The summed E-state index contributed by atoms with van der Waals surface area (Å²) in [5.41, 5.74) is -1.47. The topological polar surface area (TPSA) is 94.2 Å². The molecule has 0 aliphatic carbocycles. The van der Waals surface area contributed by atoms with E-state index in [1.165, 1.54) is 46.6 Å². The average Bonchev–Trinajstić information content (AvgIpc) is 3.14. The first kappa shape index (κ1) is 23.1. The van der Waals surface area contributed by atoms with E-state index in [2.05, 4.69) is 10.3 Å². The second-order valence-corrected chi connectivity index (χ2v) is 7.59. The van der Waals surface area contributed by atoms with Crippen molar-refractivity contribution in [3.05, 3.63) is 50.9 Å². The highest BCUT2D eigenvalue weighted by molar-refractivity contribution is 5.92. The summed E-state index contributed by atoms with van der Waals surface area (Å²) in [6, 6.07) is 3.69. The first-order valence-electron chi connectivity index (χ1n) is 9.71. The minimum Gasteiger partial charge on any atom is -0.378 e. The van der Waals surface area contributed by atoms with Crippen LogP contribution in [0.2, 0.25) is 0 Å². The zero-order valence-electron chi connectivity index (χ0n) is 18.0. The predicted octanol–water partition coefficient (Wildman–Crippen LogP) is 1.94. The van der Waals surface area contributed by atoms with Gasteiger partial charge in [0.25, 0.3) is 5.56 Å². The van der Waals surface area contributed by atoms with E-state index in [1.807, 2.05) is 0 Å². The molecule has 3 rings (SSSR count). The predicted molar refractivity (Wildman–Crippen MR) is 114 cm³/mol. The van der Waals surface area contributed by atoms with Gasteiger partial charge in [-0.1, -0.05) is 0 Å². The third kappa shape index (κ3) is 4.39. The summed E-state index contributed by atoms with van der Waals surface area (Å²) >= 11 is 0. The van der Waals surface area contributed by atoms with E-state index in [-0.39, 0.29) is 36.2 Å². The van der Waals surface area contributed by atoms with Crippen molar-refractivity contribution < 1.29 is 18.0 Å². The number of amides is 1. The molecule has 172 valence electrons. The van der Waals surface area contributed by atoms with E-state index in [1.54, 1.807) is 14.1 Å². The van der Waals surface area contributed by atoms with Crippen molar-refractivity contribution in [1.29, 1.82) is 0 Å². The molecule has 0 saturated carbocycles. The van der Waals surface area contributed by atoms with Gasteiger partial charge in [0.05, 0.1) is 17.6 Å². The minimum atomic E-state index is -4.62. The van der Waals surface area contributed by atoms with Gasteiger partial charge >= 0.3 is 11.9 Å². The van der Waals surface area contributed by atoms with Gasteiger partial charge in [0.15, 0.2) is 11.2 Å². The molecule has 1 amide bonds. The number of benzene rings is 1. The van der Waals surface area contributed by atoms with Crippen LogP contribution in [-0.2, 0) is 31.6 Å². The number of nitrogens with zero attached hydrogens (tertiary/aromatic N) is 5. The fourth-order valence-electron chi connectivity index (χ4n) is 3.34. The number of imidazole rings is 1. The van der Waals surface area contributed by atoms with Gasteiger partial charge in [0.2, 0.25) is 5.91 Å². The Bertz CT molecular complexity index is 1290. The summed E-state index contributed by atoms with van der Waals surface area (Å²) in [6.07, 6.45) is -3.05. The number of hydrogen-bond acceptors (Lipinski definition) is 5. The molecule has 9 nitrogen and oxygen atoms in total. The van der Waals surface area contributed by atoms with Crippen LogP contribution in [0.5, 0.6) is 0 Å². The Labute approximate surface area is 180 Å². The van der Waals surface area contributed by atoms with Crippen LogP contribution in [0, 0.1) is 0 Å². The molecule has 1 N–H and O–H groups in total. The number of hydrogen-bond donors (Lipinski definition) is 1. The molecule has 0 unspecified atom stereocenters. The van der Waals surface area contributed by atoms with E-state index in [0.29, 0.717) is 5.69 Å². The van der Waals surface area contributed by atoms with Crippen LogP contribution in [0.3, 0.4) is 0 Å². The van der Waals surface area contributed by atoms with E-state index < -0.39 is 28.9 Å². The fraction of sp³-hybridized carbons (Fsp3) is 0.400. The van der Waals surface area contributed by atoms with Gasteiger partial charge in [-0.05, 0) is 24.6 Å². The Balaban J connectivity index is 1.73. The van der Waals surface area contributed by atoms with Gasteiger partial charge < -0.3 is 14.8 Å². The third-order valence-electron chi connectivity index (χ3n) is 5.12. The molecule has 0 saturated heterocycles. The smallest absolute Gasteiger partial charge is 0.378 e. The Morgan fingerprint density at radius 1 is 1.16 bits per heavy atom. The van der Waals surface area contributed by atoms with Gasteiger partial charge in [0.1, 0.15) is 0 Å². The molecular weight excluding hydrogens is 429 g/mol. The molecule has 0 aliphatic heterocycles. The zero-order chi connectivity index (χ0) is 23.8. The van der Waals surface area contributed by atoms with Crippen LogP contribution >= 0.6 is 0 Å². The molecule has 0 radical (unpaired) electrons. The Kier molecular flexibility index (Phi) is 6.15. The molecule has 2 aromatic heterocycles. The summed E-state index contributed by atoms with van der Waals surface area (Å²) in [5, 5.41) is 2.32. The molecule has 0 fully saturated rings. The van der Waals surface area contributed by atoms with Crippen molar-refractivity contribution in [3.63, 3.8) is 0 Å². The summed E-state index contributed by atoms with van der Waals surface area (Å²) in [7, 11) is 6.10. The molecule has 12 heteroatoms. The van der Waals surface area contributed by atoms with E-state index >= 15 is 0 Å². The maximum absolute atomic E-state index is 13.4. The molecule has 0 aliphatic rings. The van der Waals surface area contributed by atoms with Gasteiger partial charge in [-0.3, -0.25) is 18.7 Å². The van der Waals surface area contributed by atoms with Gasteiger partial charge in [-0.25, -0.2) is 9.78 Å². The number of aryl methyl sites for hydroxylation is 2. The highest BCUT2D eigenvalue weighted by atomic mass is 19.4. The first-order valence-corrected chi connectivity index (χ1v) is 9.71. The largest absolute Gasteiger partial charge is 0.418 e. The summed E-state index contributed by atoms with van der Waals surface area (Å²) in [4.78, 5) is 42.3. The second kappa shape index (κ2) is 8.52. The molecule has 3 aromatic rings. The number of carbonyl (C=O) groups is 1. The van der Waals surface area contributed by atoms with Crippen LogP contribution in [0.4, 0.5) is 24.5 Å². The SMILES string of the molecule is CN(C)c1ccc(NC(=O)CCCn2cnc3c2c(=O)n(C)c(=O)n3C)c(C(F)(F)F)c1. The van der Waals surface area contributed by atoms with Crippen molar-refractivity contribution in [2.75, 3.05) is 24.3 Å². The lowest BCUT2D eigenvalue weighted by atomic mass is 10.1. The summed E-state index contributed by atoms with van der Waals surface area (Å²) < 4.78 is 44.0. The molecule has 2 heterocycles. The number of rotatable bonds is 6. The van der Waals surface area contributed by atoms with Gasteiger partial charge in [-0.15, -0.1) is 0 Å². The van der Waals surface area contributed by atoms with Crippen LogP contribution in [0.15, 0.2) is 34.1 Å². The van der Waals surface area contributed by atoms with Gasteiger partial charge in [-0.2, -0.15) is 13.2 Å². The fourth-order valence-corrected chi connectivity index (χ4v) is 3.34. The van der Waals surface area contributed by atoms with Crippen molar-refractivity contribution in [3.8, 4) is 0 Å². The van der Waals surface area contributed by atoms with Crippen molar-refractivity contribution in [2.45, 2.75) is 25.6 Å². The van der Waals surface area contributed by atoms with Crippen molar-refractivity contribution in [1.82, 2.24) is 18.7 Å². The number of fused-ring (bicyclic) bond motifs is 1. The number of carbonyl (C=O) groups excluding carboxylic acids is 1. The van der Waals surface area contributed by atoms with Crippen LogP contribution in [0.25, 0.3) is 11.2 Å². The minimum absolute atomic E-state index is 0.0710. The number of nitrogens with one attached hydrogen (secondary N) is 1. The van der Waals surface area contributed by atoms with Crippen LogP contribution < -0.4 is 21.5 Å². The highest BCUT2D eigenvalue weighted by Crippen LogP contribution is 2.37. The van der Waals surface area contributed by atoms with E-state index in [9.17, 15) is 27.6 Å². The molecule has 0 spiro atoms. The number of halogens is 3. The quantitative estimate of drug-likeness (QED) is 0.617. The lowest BCUT2D eigenvalue weighted by Gasteiger charge is -2.18. The number of anilines is 2. The number of alkyl halides is 3. The molecule has 32 heavy (non-hydrogen) atoms. The monoisotopic (exact) mass is 452 g/mol. The van der Waals surface area contributed by atoms with Crippen LogP contribution in [0.1, 0.15) is 18.4 Å². The Morgan fingerprint density at radius 3 is 2.47 bits per heavy atom. The first-order chi connectivity index (χ1) is 14.9.